The summed E-state index contributed by atoms with van der Waals surface area (Å²) in [6.45, 7) is 9.31. The van der Waals surface area contributed by atoms with Gasteiger partial charge in [-0.2, -0.15) is 5.09 Å². The van der Waals surface area contributed by atoms with Gasteiger partial charge in [0.15, 0.2) is 5.82 Å². The molecule has 3 N–H and O–H groups in total. The summed E-state index contributed by atoms with van der Waals surface area (Å²) >= 11 is 0. The summed E-state index contributed by atoms with van der Waals surface area (Å²) in [5, 5.41) is 3.68. The third-order valence-corrected chi connectivity index (χ3v) is 8.02. The molecule has 2 aromatic carbocycles. The lowest BCUT2D eigenvalue weighted by atomic mass is 10.2. The second kappa shape index (κ2) is 12.8. The second-order valence-electron chi connectivity index (χ2n) is 10.1. The van der Waals surface area contributed by atoms with Crippen molar-refractivity contribution in [3.63, 3.8) is 0 Å². The molecule has 4 rings (SSSR count). The minimum atomic E-state index is -4.05. The number of hydrogen-bond acceptors (Lipinski definition) is 8. The van der Waals surface area contributed by atoms with E-state index in [-0.39, 0.29) is 6.10 Å². The van der Waals surface area contributed by atoms with E-state index in [1.807, 2.05) is 37.3 Å². The van der Waals surface area contributed by atoms with Gasteiger partial charge in [0.05, 0.1) is 29.8 Å². The summed E-state index contributed by atoms with van der Waals surface area (Å²) in [6.07, 6.45) is 1.74. The van der Waals surface area contributed by atoms with E-state index >= 15 is 0 Å². The van der Waals surface area contributed by atoms with Gasteiger partial charge in [0.1, 0.15) is 23.1 Å². The number of aromatic nitrogens is 3. The Balaban J connectivity index is 1.68. The van der Waals surface area contributed by atoms with E-state index in [0.717, 1.165) is 41.5 Å². The Kier molecular flexibility index (Phi) is 9.45. The number of para-hydroxylation sites is 2. The fourth-order valence-corrected chi connectivity index (χ4v) is 6.15. The van der Waals surface area contributed by atoms with Crippen molar-refractivity contribution in [3.8, 4) is 5.75 Å². The van der Waals surface area contributed by atoms with Gasteiger partial charge < -0.3 is 19.6 Å². The lowest BCUT2D eigenvalue weighted by Gasteiger charge is -2.26. The van der Waals surface area contributed by atoms with Crippen LogP contribution in [0.5, 0.6) is 5.75 Å². The van der Waals surface area contributed by atoms with Crippen LogP contribution in [0.1, 0.15) is 53.3 Å². The predicted molar refractivity (Wildman–Crippen MR) is 157 cm³/mol. The van der Waals surface area contributed by atoms with Crippen LogP contribution in [-0.4, -0.2) is 38.8 Å². The molecule has 2 heterocycles. The van der Waals surface area contributed by atoms with E-state index in [1.165, 1.54) is 0 Å². The average molecular weight is 568 g/mol. The molecular formula is C29H38N5O5P. The molecule has 0 saturated carbocycles. The normalized spacial score (nSPS) is 14.8. The fourth-order valence-electron chi connectivity index (χ4n) is 4.48. The number of nitrogens with one attached hydrogen (secondary N) is 1. The molecule has 0 fully saturated rings. The number of aryl methyl sites for hydroxylation is 1. The molecule has 214 valence electrons. The molecule has 0 saturated heterocycles. The number of pyridine rings is 1. The van der Waals surface area contributed by atoms with Crippen LogP contribution in [0.25, 0.3) is 21.9 Å². The Morgan fingerprint density at radius 3 is 2.45 bits per heavy atom. The number of anilines is 1. The molecule has 10 nitrogen and oxygen atoms in total. The SMILES string of the molecule is CCCCc1nc2c(N)nc3ccccc3c2n1CC(C)OP(=O)(NC(C)C(=O)OC(C)C)Oc1ccccc1. The van der Waals surface area contributed by atoms with Crippen molar-refractivity contribution in [2.75, 3.05) is 5.73 Å². The molecule has 3 atom stereocenters. The first-order chi connectivity index (χ1) is 19.1. The number of unbranched alkanes of at least 4 members (excludes halogenated alkanes) is 1. The summed E-state index contributed by atoms with van der Waals surface area (Å²) in [7, 11) is -4.05. The van der Waals surface area contributed by atoms with Gasteiger partial charge >= 0.3 is 13.7 Å². The number of carbonyl (C=O) groups excluding carboxylic acids is 1. The fraction of sp³-hybridized carbons (Fsp3) is 0.414. The van der Waals surface area contributed by atoms with Gasteiger partial charge in [0.25, 0.3) is 0 Å². The zero-order valence-electron chi connectivity index (χ0n) is 23.7. The number of nitrogens with two attached hydrogens (primary N) is 1. The molecule has 0 radical (unpaired) electrons. The minimum absolute atomic E-state index is 0.317. The summed E-state index contributed by atoms with van der Waals surface area (Å²) < 4.78 is 33.4. The topological polar surface area (TPSA) is 131 Å². The number of rotatable bonds is 13. The maximum atomic E-state index is 14.1. The molecule has 11 heteroatoms. The molecule has 0 aliphatic heterocycles. The number of carbonyl (C=O) groups is 1. The highest BCUT2D eigenvalue weighted by Crippen LogP contribution is 2.46. The van der Waals surface area contributed by atoms with Crippen LogP contribution in [-0.2, 0) is 31.6 Å². The lowest BCUT2D eigenvalue weighted by Crippen LogP contribution is -2.37. The smallest absolute Gasteiger partial charge is 0.459 e. The third-order valence-electron chi connectivity index (χ3n) is 6.23. The maximum absolute atomic E-state index is 14.1. The second-order valence-corrected chi connectivity index (χ2v) is 11.8. The van der Waals surface area contributed by atoms with E-state index in [4.69, 9.17) is 24.5 Å². The van der Waals surface area contributed by atoms with Gasteiger partial charge in [-0.1, -0.05) is 49.7 Å². The first-order valence-corrected chi connectivity index (χ1v) is 15.2. The number of hydrogen-bond donors (Lipinski definition) is 2. The summed E-state index contributed by atoms with van der Waals surface area (Å²) in [6, 6.07) is 15.5. The number of ether oxygens (including phenoxy) is 1. The molecule has 4 aromatic rings. The van der Waals surface area contributed by atoms with Crippen molar-refractivity contribution >= 4 is 41.5 Å². The Bertz CT molecular complexity index is 1510. The Hall–Kier alpha value is -3.46. The molecule has 0 amide bonds. The minimum Gasteiger partial charge on any atom is -0.462 e. The number of imidazole rings is 1. The first kappa shape index (κ1) is 29.5. The number of nitrogen functional groups attached to an aromatic ring is 1. The van der Waals surface area contributed by atoms with E-state index < -0.39 is 25.9 Å². The number of benzene rings is 2. The summed E-state index contributed by atoms with van der Waals surface area (Å²) in [5.74, 6) is 0.991. The predicted octanol–water partition coefficient (Wildman–Crippen LogP) is 6.03. The van der Waals surface area contributed by atoms with Gasteiger partial charge in [0, 0.05) is 11.8 Å². The van der Waals surface area contributed by atoms with Crippen molar-refractivity contribution in [2.45, 2.75) is 78.7 Å². The van der Waals surface area contributed by atoms with Crippen molar-refractivity contribution in [1.29, 1.82) is 0 Å². The van der Waals surface area contributed by atoms with E-state index in [1.54, 1.807) is 45.0 Å². The van der Waals surface area contributed by atoms with Crippen LogP contribution < -0.4 is 15.3 Å². The lowest BCUT2D eigenvalue weighted by molar-refractivity contribution is -0.149. The van der Waals surface area contributed by atoms with Gasteiger partial charge in [-0.05, 0) is 52.3 Å². The van der Waals surface area contributed by atoms with Crippen LogP contribution in [0.15, 0.2) is 54.6 Å². The molecule has 3 unspecified atom stereocenters. The van der Waals surface area contributed by atoms with Crippen molar-refractivity contribution in [1.82, 2.24) is 19.6 Å². The highest BCUT2D eigenvalue weighted by atomic mass is 31.2. The van der Waals surface area contributed by atoms with Crippen molar-refractivity contribution in [2.24, 2.45) is 0 Å². The van der Waals surface area contributed by atoms with Crippen LogP contribution in [0.3, 0.4) is 0 Å². The van der Waals surface area contributed by atoms with Crippen LogP contribution in [0.2, 0.25) is 0 Å². The zero-order chi connectivity index (χ0) is 28.9. The van der Waals surface area contributed by atoms with E-state index in [0.29, 0.717) is 23.6 Å². The van der Waals surface area contributed by atoms with Gasteiger partial charge in [0.2, 0.25) is 0 Å². The van der Waals surface area contributed by atoms with Crippen LogP contribution in [0, 0.1) is 0 Å². The number of nitrogens with zero attached hydrogens (tertiary/aromatic N) is 3. The monoisotopic (exact) mass is 567 g/mol. The summed E-state index contributed by atoms with van der Waals surface area (Å²) in [5.41, 5.74) is 8.58. The zero-order valence-corrected chi connectivity index (χ0v) is 24.6. The maximum Gasteiger partial charge on any atom is 0.459 e. The number of esters is 1. The van der Waals surface area contributed by atoms with Crippen LogP contribution in [0.4, 0.5) is 5.82 Å². The van der Waals surface area contributed by atoms with Gasteiger partial charge in [-0.15, -0.1) is 0 Å². The van der Waals surface area contributed by atoms with E-state index in [2.05, 4.69) is 21.6 Å². The summed E-state index contributed by atoms with van der Waals surface area (Å²) in [4.78, 5) is 21.9. The molecule has 0 bridgehead atoms. The Morgan fingerprint density at radius 1 is 1.05 bits per heavy atom. The molecule has 0 spiro atoms. The van der Waals surface area contributed by atoms with Crippen molar-refractivity contribution in [3.05, 3.63) is 60.4 Å². The third kappa shape index (κ3) is 6.99. The van der Waals surface area contributed by atoms with E-state index in [9.17, 15) is 9.36 Å². The highest BCUT2D eigenvalue weighted by molar-refractivity contribution is 7.52. The van der Waals surface area contributed by atoms with Gasteiger partial charge in [-0.25, -0.2) is 14.5 Å². The average Bonchev–Trinajstić information content (AvgIpc) is 3.26. The molecule has 0 aliphatic rings. The van der Waals surface area contributed by atoms with Crippen molar-refractivity contribution < 1.29 is 23.1 Å². The molecule has 2 aromatic heterocycles. The van der Waals surface area contributed by atoms with Gasteiger partial charge in [-0.3, -0.25) is 9.32 Å². The highest BCUT2D eigenvalue weighted by Gasteiger charge is 2.35. The van der Waals surface area contributed by atoms with Crippen LogP contribution >= 0.6 is 7.75 Å². The molecule has 0 aliphatic carbocycles. The molecule has 40 heavy (non-hydrogen) atoms. The standard InChI is InChI=1S/C29H38N5O5P/c1-6-7-17-25-32-26-27(23-15-11-12-16-24(23)31-28(26)30)34(25)18-20(4)38-40(36,39-22-13-9-8-10-14-22)33-21(5)29(35)37-19(2)3/h8-16,19-21H,6-7,17-18H2,1-5H3,(H2,30,31)(H,33,36). The Labute approximate surface area is 234 Å². The largest absolute Gasteiger partial charge is 0.462 e. The Morgan fingerprint density at radius 2 is 1.75 bits per heavy atom. The first-order valence-electron chi connectivity index (χ1n) is 13.6. The molecular weight excluding hydrogens is 529 g/mol. The quantitative estimate of drug-likeness (QED) is 0.147. The number of fused-ring (bicyclic) bond motifs is 3.